The zero-order valence-corrected chi connectivity index (χ0v) is 13.7. The molecule has 23 heavy (non-hydrogen) atoms. The third-order valence-corrected chi connectivity index (χ3v) is 5.89. The van der Waals surface area contributed by atoms with Crippen LogP contribution in [0.4, 0.5) is 5.82 Å². The number of thiophene rings is 1. The average Bonchev–Trinajstić information content (AvgIpc) is 3.27. The Morgan fingerprint density at radius 3 is 3.09 bits per heavy atom. The molecule has 0 unspecified atom stereocenters. The largest absolute Gasteiger partial charge is 0.366 e. The van der Waals surface area contributed by atoms with Crippen LogP contribution in [0.1, 0.15) is 17.7 Å². The van der Waals surface area contributed by atoms with Gasteiger partial charge in [-0.2, -0.15) is 0 Å². The van der Waals surface area contributed by atoms with Crippen molar-refractivity contribution < 1.29 is 4.79 Å². The van der Waals surface area contributed by atoms with Crippen LogP contribution in [0.2, 0.25) is 0 Å². The van der Waals surface area contributed by atoms with Crippen molar-refractivity contribution in [1.29, 1.82) is 0 Å². The summed E-state index contributed by atoms with van der Waals surface area (Å²) in [6, 6.07) is 4.45. The predicted molar refractivity (Wildman–Crippen MR) is 90.3 cm³/mol. The first-order chi connectivity index (χ1) is 11.3. The number of carbonyl (C=O) groups is 1. The highest BCUT2D eigenvalue weighted by molar-refractivity contribution is 7.10. The molecule has 1 N–H and O–H groups in total. The van der Waals surface area contributed by atoms with Gasteiger partial charge in [0.05, 0.1) is 12.6 Å². The second kappa shape index (κ2) is 6.28. The van der Waals surface area contributed by atoms with E-state index in [1.165, 1.54) is 6.42 Å². The van der Waals surface area contributed by atoms with Crippen molar-refractivity contribution in [3.05, 3.63) is 41.0 Å². The lowest BCUT2D eigenvalue weighted by atomic mass is 9.98. The minimum absolute atomic E-state index is 0.264. The molecule has 1 aliphatic heterocycles. The van der Waals surface area contributed by atoms with Crippen LogP contribution >= 0.6 is 11.3 Å². The number of aromatic nitrogens is 2. The van der Waals surface area contributed by atoms with Crippen LogP contribution in [-0.4, -0.2) is 39.9 Å². The van der Waals surface area contributed by atoms with Crippen molar-refractivity contribution in [2.75, 3.05) is 18.4 Å². The van der Waals surface area contributed by atoms with E-state index in [1.54, 1.807) is 29.9 Å². The molecule has 1 saturated carbocycles. The van der Waals surface area contributed by atoms with Gasteiger partial charge < -0.3 is 10.2 Å². The number of hydrogen-bond donors (Lipinski definition) is 1. The fraction of sp³-hybridized carbons (Fsp3) is 0.471. The van der Waals surface area contributed by atoms with Gasteiger partial charge in [-0.25, -0.2) is 4.98 Å². The number of nitrogens with one attached hydrogen (secondary N) is 1. The van der Waals surface area contributed by atoms with Crippen molar-refractivity contribution in [1.82, 2.24) is 14.9 Å². The van der Waals surface area contributed by atoms with Gasteiger partial charge in [-0.1, -0.05) is 6.07 Å². The van der Waals surface area contributed by atoms with Gasteiger partial charge in [0.25, 0.3) is 0 Å². The van der Waals surface area contributed by atoms with Crippen LogP contribution in [0, 0.1) is 11.8 Å². The number of fused-ring (bicyclic) bond motifs is 1. The van der Waals surface area contributed by atoms with Crippen LogP contribution in [-0.2, 0) is 11.2 Å². The maximum absolute atomic E-state index is 12.5. The molecular formula is C17H20N4OS. The first-order valence-electron chi connectivity index (χ1n) is 8.12. The molecule has 1 aliphatic carbocycles. The van der Waals surface area contributed by atoms with E-state index in [2.05, 4.69) is 20.2 Å². The standard InChI is InChI=1S/C17H20N4OS/c22-17(8-13-2-1-7-23-13)21-10-12-3-4-15(14(12)11-21)20-16-9-18-5-6-19-16/h1-2,5-7,9,12,14-15H,3-4,8,10-11H2,(H,19,20)/t12-,14+,15-/m1/s1. The third-order valence-electron chi connectivity index (χ3n) is 5.01. The summed E-state index contributed by atoms with van der Waals surface area (Å²) in [5.74, 6) is 2.25. The van der Waals surface area contributed by atoms with E-state index in [1.807, 2.05) is 17.5 Å². The Labute approximate surface area is 139 Å². The monoisotopic (exact) mass is 328 g/mol. The fourth-order valence-corrected chi connectivity index (χ4v) is 4.58. The lowest BCUT2D eigenvalue weighted by molar-refractivity contribution is -0.129. The molecule has 2 aromatic rings. The lowest BCUT2D eigenvalue weighted by Crippen LogP contribution is -2.34. The third kappa shape index (κ3) is 3.08. The molecule has 120 valence electrons. The molecule has 1 amide bonds. The molecule has 0 radical (unpaired) electrons. The Kier molecular flexibility index (Phi) is 3.99. The van der Waals surface area contributed by atoms with E-state index in [9.17, 15) is 4.79 Å². The van der Waals surface area contributed by atoms with Gasteiger partial charge in [0, 0.05) is 42.3 Å². The Bertz CT molecular complexity index is 660. The molecule has 0 spiro atoms. The molecule has 0 aromatic carbocycles. The van der Waals surface area contributed by atoms with Crippen LogP contribution in [0.15, 0.2) is 36.1 Å². The Morgan fingerprint density at radius 1 is 1.35 bits per heavy atom. The van der Waals surface area contributed by atoms with E-state index in [-0.39, 0.29) is 5.91 Å². The van der Waals surface area contributed by atoms with Gasteiger partial charge in [-0.05, 0) is 30.2 Å². The summed E-state index contributed by atoms with van der Waals surface area (Å²) in [5.41, 5.74) is 0. The van der Waals surface area contributed by atoms with Crippen LogP contribution < -0.4 is 5.32 Å². The number of likely N-dealkylation sites (tertiary alicyclic amines) is 1. The minimum Gasteiger partial charge on any atom is -0.366 e. The summed E-state index contributed by atoms with van der Waals surface area (Å²) in [5, 5.41) is 5.54. The summed E-state index contributed by atoms with van der Waals surface area (Å²) < 4.78 is 0. The molecule has 2 fully saturated rings. The number of nitrogens with zero attached hydrogens (tertiary/aromatic N) is 3. The summed E-state index contributed by atoms with van der Waals surface area (Å²) >= 11 is 1.66. The Balaban J connectivity index is 1.38. The van der Waals surface area contributed by atoms with Gasteiger partial charge in [0.1, 0.15) is 5.82 Å². The number of amides is 1. The van der Waals surface area contributed by atoms with Gasteiger partial charge in [0.2, 0.25) is 5.91 Å². The van der Waals surface area contributed by atoms with Gasteiger partial charge in [-0.15, -0.1) is 11.3 Å². The Hall–Kier alpha value is -1.95. The van der Waals surface area contributed by atoms with Crippen molar-refractivity contribution >= 4 is 23.1 Å². The number of hydrogen-bond acceptors (Lipinski definition) is 5. The minimum atomic E-state index is 0.264. The van der Waals surface area contributed by atoms with Crippen molar-refractivity contribution in [3.63, 3.8) is 0 Å². The maximum Gasteiger partial charge on any atom is 0.227 e. The SMILES string of the molecule is O=C(Cc1cccs1)N1C[C@H]2CC[C@@H](Nc3cnccn3)[C@H]2C1. The average molecular weight is 328 g/mol. The summed E-state index contributed by atoms with van der Waals surface area (Å²) in [7, 11) is 0. The van der Waals surface area contributed by atoms with E-state index >= 15 is 0 Å². The topological polar surface area (TPSA) is 58.1 Å². The number of carbonyl (C=O) groups excluding carboxylic acids is 1. The summed E-state index contributed by atoms with van der Waals surface area (Å²) in [4.78, 5) is 24.1. The van der Waals surface area contributed by atoms with E-state index < -0.39 is 0 Å². The molecule has 2 aliphatic rings. The zero-order valence-electron chi connectivity index (χ0n) is 12.9. The number of rotatable bonds is 4. The lowest BCUT2D eigenvalue weighted by Gasteiger charge is -2.22. The number of anilines is 1. The fourth-order valence-electron chi connectivity index (χ4n) is 3.89. The summed E-state index contributed by atoms with van der Waals surface area (Å²) in [6.07, 6.45) is 8.04. The van der Waals surface area contributed by atoms with Crippen molar-refractivity contribution in [2.24, 2.45) is 11.8 Å². The highest BCUT2D eigenvalue weighted by Crippen LogP contribution is 2.39. The van der Waals surface area contributed by atoms with E-state index in [0.717, 1.165) is 30.2 Å². The van der Waals surface area contributed by atoms with Crippen molar-refractivity contribution in [3.8, 4) is 0 Å². The molecule has 1 saturated heterocycles. The quantitative estimate of drug-likeness (QED) is 0.936. The smallest absolute Gasteiger partial charge is 0.227 e. The molecule has 0 bridgehead atoms. The molecular weight excluding hydrogens is 308 g/mol. The maximum atomic E-state index is 12.5. The molecule has 6 heteroatoms. The predicted octanol–water partition coefficient (Wildman–Crippen LogP) is 2.43. The summed E-state index contributed by atoms with van der Waals surface area (Å²) in [6.45, 7) is 1.78. The molecule has 3 atom stereocenters. The van der Waals surface area contributed by atoms with Crippen molar-refractivity contribution in [2.45, 2.75) is 25.3 Å². The normalized spacial score (nSPS) is 26.3. The van der Waals surface area contributed by atoms with Crippen LogP contribution in [0.25, 0.3) is 0 Å². The van der Waals surface area contributed by atoms with Gasteiger partial charge in [0.15, 0.2) is 0 Å². The zero-order chi connectivity index (χ0) is 15.6. The Morgan fingerprint density at radius 2 is 2.30 bits per heavy atom. The molecule has 2 aromatic heterocycles. The second-order valence-electron chi connectivity index (χ2n) is 6.40. The molecule has 5 nitrogen and oxygen atoms in total. The van der Waals surface area contributed by atoms with Gasteiger partial charge in [-0.3, -0.25) is 9.78 Å². The van der Waals surface area contributed by atoms with Gasteiger partial charge >= 0.3 is 0 Å². The highest BCUT2D eigenvalue weighted by Gasteiger charge is 2.43. The molecule has 4 rings (SSSR count). The van der Waals surface area contributed by atoms with Crippen LogP contribution in [0.5, 0.6) is 0 Å². The first-order valence-corrected chi connectivity index (χ1v) is 9.00. The van der Waals surface area contributed by atoms with E-state index in [4.69, 9.17) is 0 Å². The van der Waals surface area contributed by atoms with E-state index in [0.29, 0.717) is 24.3 Å². The highest BCUT2D eigenvalue weighted by atomic mass is 32.1. The van der Waals surface area contributed by atoms with Crippen LogP contribution in [0.3, 0.4) is 0 Å². The molecule has 3 heterocycles. The second-order valence-corrected chi connectivity index (χ2v) is 7.43. The first kappa shape index (κ1) is 14.6.